The summed E-state index contributed by atoms with van der Waals surface area (Å²) in [6.07, 6.45) is 0. The maximum atomic E-state index is 11.3. The van der Waals surface area contributed by atoms with E-state index in [1.165, 1.54) is 12.1 Å². The first-order valence-corrected chi connectivity index (χ1v) is 7.32. The van der Waals surface area contributed by atoms with E-state index in [9.17, 15) is 8.42 Å². The van der Waals surface area contributed by atoms with Crippen molar-refractivity contribution in [1.82, 2.24) is 0 Å². The quantitative estimate of drug-likeness (QED) is 0.634. The molecule has 86 valence electrons. The second-order valence-corrected chi connectivity index (χ2v) is 6.19. The number of ether oxygens (including phenoxy) is 1. The second-order valence-electron chi connectivity index (χ2n) is 2.74. The number of halogens is 2. The van der Waals surface area contributed by atoms with E-state index in [-0.39, 0.29) is 17.3 Å². The van der Waals surface area contributed by atoms with Crippen LogP contribution in [0.5, 0.6) is 5.75 Å². The van der Waals surface area contributed by atoms with Crippen LogP contribution in [0.2, 0.25) is 0 Å². The third kappa shape index (κ3) is 3.71. The van der Waals surface area contributed by atoms with Gasteiger partial charge in [0.2, 0.25) is 0 Å². The largest absolute Gasteiger partial charge is 0.480 e. The summed E-state index contributed by atoms with van der Waals surface area (Å²) in [5, 5.41) is 0. The predicted molar refractivity (Wildman–Crippen MR) is 66.1 cm³/mol. The molecule has 0 atom stereocenters. The molecule has 0 N–H and O–H groups in total. The van der Waals surface area contributed by atoms with Gasteiger partial charge in [-0.3, -0.25) is 0 Å². The van der Waals surface area contributed by atoms with E-state index in [0.29, 0.717) is 4.47 Å². The third-order valence-corrected chi connectivity index (χ3v) is 3.48. The van der Waals surface area contributed by atoms with E-state index in [2.05, 4.69) is 27.8 Å². The van der Waals surface area contributed by atoms with Gasteiger partial charge in [0.15, 0.2) is 0 Å². The van der Waals surface area contributed by atoms with Crippen molar-refractivity contribution in [1.29, 1.82) is 0 Å². The zero-order chi connectivity index (χ0) is 12.2. The molecule has 1 aromatic carbocycles. The molecule has 6 heteroatoms. The summed E-state index contributed by atoms with van der Waals surface area (Å²) in [5.74, 6) is 5.50. The fraction of sp³-hybridized carbons (Fsp3) is 0.200. The van der Waals surface area contributed by atoms with Crippen LogP contribution in [-0.2, 0) is 9.05 Å². The molecule has 16 heavy (non-hydrogen) atoms. The maximum Gasteiger partial charge on any atom is 0.265 e. The van der Waals surface area contributed by atoms with Gasteiger partial charge in [0.25, 0.3) is 9.05 Å². The Balaban J connectivity index is 3.12. The topological polar surface area (TPSA) is 43.4 Å². The molecule has 3 nitrogen and oxygen atoms in total. The van der Waals surface area contributed by atoms with Crippen LogP contribution >= 0.6 is 26.6 Å². The molecule has 0 radical (unpaired) electrons. The lowest BCUT2D eigenvalue weighted by Crippen LogP contribution is -2.00. The minimum atomic E-state index is -3.82. The predicted octanol–water partition coefficient (Wildman–Crippen LogP) is 2.78. The van der Waals surface area contributed by atoms with Crippen LogP contribution in [0.4, 0.5) is 0 Å². The lowest BCUT2D eigenvalue weighted by molar-refractivity contribution is 0.360. The Morgan fingerprint density at radius 3 is 2.75 bits per heavy atom. The van der Waals surface area contributed by atoms with Crippen LogP contribution in [0, 0.1) is 11.8 Å². The second kappa shape index (κ2) is 5.58. The molecule has 0 aromatic heterocycles. The lowest BCUT2D eigenvalue weighted by Gasteiger charge is -2.07. The highest BCUT2D eigenvalue weighted by Crippen LogP contribution is 2.29. The zero-order valence-corrected chi connectivity index (χ0v) is 11.5. The van der Waals surface area contributed by atoms with E-state index in [4.69, 9.17) is 15.4 Å². The van der Waals surface area contributed by atoms with Crippen molar-refractivity contribution in [2.24, 2.45) is 0 Å². The smallest absolute Gasteiger partial charge is 0.265 e. The molecule has 0 spiro atoms. The van der Waals surface area contributed by atoms with Crippen molar-refractivity contribution in [2.45, 2.75) is 11.8 Å². The Morgan fingerprint density at radius 2 is 2.19 bits per heavy atom. The summed E-state index contributed by atoms with van der Waals surface area (Å²) < 4.78 is 28.3. The standard InChI is InChI=1S/C10H8BrClO3S/c1-2-3-6-15-9-5-4-8(11)7-10(9)16(12,13)14/h4-5,7H,6H2,1H3. The van der Waals surface area contributed by atoms with Crippen molar-refractivity contribution in [3.8, 4) is 17.6 Å². The first-order chi connectivity index (χ1) is 7.45. The van der Waals surface area contributed by atoms with Gasteiger partial charge in [0.1, 0.15) is 17.3 Å². The van der Waals surface area contributed by atoms with Gasteiger partial charge in [0.05, 0.1) is 0 Å². The number of hydrogen-bond donors (Lipinski definition) is 0. The van der Waals surface area contributed by atoms with Crippen molar-refractivity contribution in [3.63, 3.8) is 0 Å². The highest BCUT2D eigenvalue weighted by atomic mass is 79.9. The molecule has 0 bridgehead atoms. The molecule has 0 fully saturated rings. The highest BCUT2D eigenvalue weighted by Gasteiger charge is 2.17. The highest BCUT2D eigenvalue weighted by molar-refractivity contribution is 9.10. The van der Waals surface area contributed by atoms with E-state index < -0.39 is 9.05 Å². The molecule has 1 aromatic rings. The fourth-order valence-corrected chi connectivity index (χ4v) is 2.49. The summed E-state index contributed by atoms with van der Waals surface area (Å²) in [4.78, 5) is -0.0681. The van der Waals surface area contributed by atoms with Gasteiger partial charge in [0, 0.05) is 15.2 Å². The Labute approximate surface area is 107 Å². The van der Waals surface area contributed by atoms with Crippen molar-refractivity contribution in [2.75, 3.05) is 6.61 Å². The monoisotopic (exact) mass is 322 g/mol. The summed E-state index contributed by atoms with van der Waals surface area (Å²) in [6.45, 7) is 1.79. The molecule has 0 aliphatic rings. The van der Waals surface area contributed by atoms with Gasteiger partial charge in [-0.25, -0.2) is 8.42 Å². The van der Waals surface area contributed by atoms with Gasteiger partial charge in [-0.05, 0) is 25.1 Å². The Bertz CT molecular complexity index is 543. The van der Waals surface area contributed by atoms with Crippen molar-refractivity contribution < 1.29 is 13.2 Å². The molecule has 0 saturated carbocycles. The van der Waals surface area contributed by atoms with Crippen molar-refractivity contribution >= 4 is 35.7 Å². The lowest BCUT2D eigenvalue weighted by atomic mass is 10.3. The average molecular weight is 324 g/mol. The van der Waals surface area contributed by atoms with Crippen molar-refractivity contribution in [3.05, 3.63) is 22.7 Å². The molecular formula is C10H8BrClO3S. The van der Waals surface area contributed by atoms with E-state index in [1.54, 1.807) is 13.0 Å². The molecule has 0 aliphatic carbocycles. The van der Waals surface area contributed by atoms with Gasteiger partial charge >= 0.3 is 0 Å². The Morgan fingerprint density at radius 1 is 1.50 bits per heavy atom. The minimum absolute atomic E-state index is 0.0681. The maximum absolute atomic E-state index is 11.3. The molecule has 0 heterocycles. The molecule has 0 aliphatic heterocycles. The number of benzene rings is 1. The van der Waals surface area contributed by atoms with Crippen LogP contribution in [0.3, 0.4) is 0 Å². The Kier molecular flexibility index (Phi) is 4.66. The van der Waals surface area contributed by atoms with Crippen LogP contribution in [0.1, 0.15) is 6.92 Å². The molecule has 1 rings (SSSR count). The zero-order valence-electron chi connectivity index (χ0n) is 8.33. The van der Waals surface area contributed by atoms with Crippen LogP contribution in [0.15, 0.2) is 27.6 Å². The normalized spacial score (nSPS) is 10.4. The van der Waals surface area contributed by atoms with E-state index in [0.717, 1.165) is 0 Å². The first kappa shape index (κ1) is 13.4. The number of hydrogen-bond acceptors (Lipinski definition) is 3. The first-order valence-electron chi connectivity index (χ1n) is 4.22. The van der Waals surface area contributed by atoms with Crippen LogP contribution in [0.25, 0.3) is 0 Å². The summed E-state index contributed by atoms with van der Waals surface area (Å²) in [6, 6.07) is 4.58. The van der Waals surface area contributed by atoms with Gasteiger partial charge in [-0.15, -0.1) is 5.92 Å². The number of rotatable bonds is 3. The van der Waals surface area contributed by atoms with Crippen LogP contribution in [-0.4, -0.2) is 15.0 Å². The molecular weight excluding hydrogens is 316 g/mol. The van der Waals surface area contributed by atoms with Gasteiger partial charge in [-0.2, -0.15) is 0 Å². The molecule has 0 saturated heterocycles. The summed E-state index contributed by atoms with van der Waals surface area (Å²) in [5.41, 5.74) is 0. The third-order valence-electron chi connectivity index (χ3n) is 1.65. The average Bonchev–Trinajstić information content (AvgIpc) is 2.19. The fourth-order valence-electron chi connectivity index (χ4n) is 0.978. The molecule has 0 amide bonds. The van der Waals surface area contributed by atoms with Gasteiger partial charge < -0.3 is 4.74 Å². The van der Waals surface area contributed by atoms with Gasteiger partial charge in [-0.1, -0.05) is 21.9 Å². The Hall–Kier alpha value is -0.700. The SMILES string of the molecule is CC#CCOc1ccc(Br)cc1S(=O)(=O)Cl. The van der Waals surface area contributed by atoms with E-state index >= 15 is 0 Å². The summed E-state index contributed by atoms with van der Waals surface area (Å²) in [7, 11) is 1.46. The summed E-state index contributed by atoms with van der Waals surface area (Å²) >= 11 is 3.16. The molecule has 0 unspecified atom stereocenters. The minimum Gasteiger partial charge on any atom is -0.480 e. The van der Waals surface area contributed by atoms with Crippen LogP contribution < -0.4 is 4.74 Å². The van der Waals surface area contributed by atoms with E-state index in [1.807, 2.05) is 0 Å².